The van der Waals surface area contributed by atoms with Crippen molar-refractivity contribution in [2.45, 2.75) is 58.3 Å². The van der Waals surface area contributed by atoms with E-state index in [0.29, 0.717) is 46.4 Å². The highest BCUT2D eigenvalue weighted by Gasteiger charge is 2.34. The molecule has 4 aromatic rings. The van der Waals surface area contributed by atoms with Gasteiger partial charge in [-0.2, -0.15) is 0 Å². The van der Waals surface area contributed by atoms with E-state index in [0.717, 1.165) is 48.7 Å². The summed E-state index contributed by atoms with van der Waals surface area (Å²) in [6, 6.07) is 15.8. The smallest absolute Gasteiger partial charge is 0.266 e. The quantitative estimate of drug-likeness (QED) is 0.266. The van der Waals surface area contributed by atoms with Crippen molar-refractivity contribution < 1.29 is 18.7 Å². The standard InChI is InChI=1S/C32H34FN3O4S/c1-20-8-11-23(12-9-20)36-27(37)15-13-25-29(34-22-10-14-26(33)21(2)18-22)30(41-32(25)36)31(38)35-16-5-6-24(35)19-40-28-7-3-4-17-39-28/h8-15,18,24,28,34H,3-7,16-17,19H2,1-2H3/t24-,28?/m1/s1. The summed E-state index contributed by atoms with van der Waals surface area (Å²) >= 11 is 1.30. The number of pyridine rings is 1. The molecule has 2 aromatic carbocycles. The van der Waals surface area contributed by atoms with Crippen molar-refractivity contribution in [1.82, 2.24) is 9.47 Å². The zero-order valence-electron chi connectivity index (χ0n) is 23.3. The second-order valence-electron chi connectivity index (χ2n) is 10.9. The van der Waals surface area contributed by atoms with E-state index in [1.165, 1.54) is 23.5 Å². The maximum Gasteiger partial charge on any atom is 0.266 e. The van der Waals surface area contributed by atoms with Crippen LogP contribution in [0.2, 0.25) is 0 Å². The number of hydrogen-bond donors (Lipinski definition) is 1. The van der Waals surface area contributed by atoms with Crippen LogP contribution in [-0.4, -0.2) is 47.5 Å². The van der Waals surface area contributed by atoms with E-state index in [9.17, 15) is 14.0 Å². The van der Waals surface area contributed by atoms with E-state index in [1.807, 2.05) is 36.1 Å². The van der Waals surface area contributed by atoms with E-state index < -0.39 is 0 Å². The van der Waals surface area contributed by atoms with Crippen LogP contribution < -0.4 is 10.9 Å². The lowest BCUT2D eigenvalue weighted by Crippen LogP contribution is -2.39. The highest BCUT2D eigenvalue weighted by molar-refractivity contribution is 7.21. The Bertz CT molecular complexity index is 1620. The van der Waals surface area contributed by atoms with Gasteiger partial charge >= 0.3 is 0 Å². The Kier molecular flexibility index (Phi) is 7.92. The summed E-state index contributed by atoms with van der Waals surface area (Å²) in [5.74, 6) is -0.400. The number of amides is 1. The van der Waals surface area contributed by atoms with Gasteiger partial charge in [0.1, 0.15) is 15.5 Å². The van der Waals surface area contributed by atoms with Crippen LogP contribution in [0.1, 0.15) is 52.9 Å². The molecule has 2 fully saturated rings. The minimum atomic E-state index is -0.294. The first-order valence-electron chi connectivity index (χ1n) is 14.2. The highest BCUT2D eigenvalue weighted by Crippen LogP contribution is 2.40. The molecule has 0 saturated carbocycles. The van der Waals surface area contributed by atoms with Gasteiger partial charge in [0.2, 0.25) is 0 Å². The number of rotatable bonds is 7. The number of fused-ring (bicyclic) bond motifs is 1. The normalized spacial score (nSPS) is 19.1. The molecule has 0 spiro atoms. The molecule has 6 rings (SSSR count). The SMILES string of the molecule is Cc1ccc(-n2c(=O)ccc3c(Nc4ccc(F)c(C)c4)c(C(=O)N4CCC[C@@H]4COC4CCCCO4)sc32)cc1. The molecule has 1 unspecified atom stereocenters. The van der Waals surface area contributed by atoms with Crippen molar-refractivity contribution in [1.29, 1.82) is 0 Å². The number of carbonyl (C=O) groups is 1. The van der Waals surface area contributed by atoms with Crippen LogP contribution in [0.25, 0.3) is 15.9 Å². The monoisotopic (exact) mass is 575 g/mol. The van der Waals surface area contributed by atoms with Crippen molar-refractivity contribution in [3.05, 3.63) is 86.8 Å². The Balaban J connectivity index is 1.40. The number of aryl methyl sites for hydroxylation is 2. The van der Waals surface area contributed by atoms with Crippen LogP contribution >= 0.6 is 11.3 Å². The molecule has 0 bridgehead atoms. The molecular weight excluding hydrogens is 541 g/mol. The molecular formula is C32H34FN3O4S. The zero-order valence-corrected chi connectivity index (χ0v) is 24.1. The highest BCUT2D eigenvalue weighted by atomic mass is 32.1. The van der Waals surface area contributed by atoms with E-state index in [1.54, 1.807) is 29.7 Å². The summed E-state index contributed by atoms with van der Waals surface area (Å²) in [6.45, 7) is 5.47. The fourth-order valence-corrected chi connectivity index (χ4v) is 6.86. The third-order valence-electron chi connectivity index (χ3n) is 7.91. The number of carbonyl (C=O) groups excluding carboxylic acids is 1. The van der Waals surface area contributed by atoms with Crippen LogP contribution in [0.5, 0.6) is 0 Å². The molecule has 2 saturated heterocycles. The minimum absolute atomic E-state index is 0.0570. The molecule has 214 valence electrons. The number of nitrogens with one attached hydrogen (secondary N) is 1. The Labute approximate surface area is 242 Å². The first kappa shape index (κ1) is 27.6. The van der Waals surface area contributed by atoms with Gasteiger partial charge in [0.05, 0.1) is 24.0 Å². The van der Waals surface area contributed by atoms with Gasteiger partial charge in [-0.25, -0.2) is 4.39 Å². The summed E-state index contributed by atoms with van der Waals surface area (Å²) in [5.41, 5.74) is 3.43. The molecule has 1 amide bonds. The fourth-order valence-electron chi connectivity index (χ4n) is 5.63. The van der Waals surface area contributed by atoms with Gasteiger partial charge < -0.3 is 19.7 Å². The molecule has 0 radical (unpaired) electrons. The van der Waals surface area contributed by atoms with E-state index in [4.69, 9.17) is 9.47 Å². The van der Waals surface area contributed by atoms with Crippen molar-refractivity contribution in [3.63, 3.8) is 0 Å². The average Bonchev–Trinajstić information content (AvgIpc) is 3.60. The van der Waals surface area contributed by atoms with Gasteiger partial charge in [-0.05, 0) is 87.9 Å². The molecule has 2 aromatic heterocycles. The predicted molar refractivity (Wildman–Crippen MR) is 160 cm³/mol. The van der Waals surface area contributed by atoms with Gasteiger partial charge in [0.15, 0.2) is 6.29 Å². The first-order chi connectivity index (χ1) is 19.9. The zero-order chi connectivity index (χ0) is 28.5. The summed E-state index contributed by atoms with van der Waals surface area (Å²) in [5, 5.41) is 4.16. The molecule has 1 N–H and O–H groups in total. The summed E-state index contributed by atoms with van der Waals surface area (Å²) in [7, 11) is 0. The Hall–Kier alpha value is -3.53. The molecule has 4 heterocycles. The lowest BCUT2D eigenvalue weighted by molar-refractivity contribution is -0.168. The molecule has 0 aliphatic carbocycles. The minimum Gasteiger partial charge on any atom is -0.354 e. The molecule has 9 heteroatoms. The maximum atomic E-state index is 14.2. The fraction of sp³-hybridized carbons (Fsp3) is 0.375. The molecule has 2 atom stereocenters. The summed E-state index contributed by atoms with van der Waals surface area (Å²) in [6.07, 6.45) is 4.55. The van der Waals surface area contributed by atoms with Gasteiger partial charge in [-0.3, -0.25) is 14.2 Å². The van der Waals surface area contributed by atoms with Gasteiger partial charge in [-0.15, -0.1) is 11.3 Å². The van der Waals surface area contributed by atoms with E-state index >= 15 is 0 Å². The number of thiophene rings is 1. The predicted octanol–water partition coefficient (Wildman–Crippen LogP) is 6.70. The van der Waals surface area contributed by atoms with Gasteiger partial charge in [0.25, 0.3) is 11.5 Å². The Morgan fingerprint density at radius 2 is 1.90 bits per heavy atom. The third kappa shape index (κ3) is 5.66. The molecule has 2 aliphatic rings. The van der Waals surface area contributed by atoms with Crippen molar-refractivity contribution in [2.24, 2.45) is 0 Å². The number of ether oxygens (including phenoxy) is 2. The number of nitrogens with zero attached hydrogens (tertiary/aromatic N) is 2. The van der Waals surface area contributed by atoms with Crippen LogP contribution in [0.3, 0.4) is 0 Å². The number of aromatic nitrogens is 1. The topological polar surface area (TPSA) is 72.8 Å². The average molecular weight is 576 g/mol. The van der Waals surface area contributed by atoms with Crippen molar-refractivity contribution >= 4 is 38.8 Å². The van der Waals surface area contributed by atoms with Gasteiger partial charge in [0, 0.05) is 30.3 Å². The lowest BCUT2D eigenvalue weighted by atomic mass is 10.1. The van der Waals surface area contributed by atoms with Crippen LogP contribution in [0, 0.1) is 19.7 Å². The van der Waals surface area contributed by atoms with Crippen LogP contribution in [0.15, 0.2) is 59.4 Å². The first-order valence-corrected chi connectivity index (χ1v) is 15.0. The number of anilines is 2. The number of hydrogen-bond acceptors (Lipinski definition) is 6. The largest absolute Gasteiger partial charge is 0.354 e. The number of likely N-dealkylation sites (tertiary alicyclic amines) is 1. The second-order valence-corrected chi connectivity index (χ2v) is 11.9. The molecule has 7 nitrogen and oxygen atoms in total. The van der Waals surface area contributed by atoms with E-state index in [-0.39, 0.29) is 29.6 Å². The van der Waals surface area contributed by atoms with Crippen molar-refractivity contribution in [2.75, 3.05) is 25.1 Å². The lowest BCUT2D eigenvalue weighted by Gasteiger charge is -2.28. The summed E-state index contributed by atoms with van der Waals surface area (Å²) in [4.78, 5) is 30.5. The van der Waals surface area contributed by atoms with Crippen molar-refractivity contribution in [3.8, 4) is 5.69 Å². The summed E-state index contributed by atoms with van der Waals surface area (Å²) < 4.78 is 27.5. The number of halogens is 1. The van der Waals surface area contributed by atoms with Crippen LogP contribution in [0.4, 0.5) is 15.8 Å². The third-order valence-corrected chi connectivity index (χ3v) is 9.08. The molecule has 2 aliphatic heterocycles. The Morgan fingerprint density at radius 3 is 2.66 bits per heavy atom. The second kappa shape index (κ2) is 11.8. The Morgan fingerprint density at radius 1 is 1.07 bits per heavy atom. The maximum absolute atomic E-state index is 14.2. The van der Waals surface area contributed by atoms with E-state index in [2.05, 4.69) is 5.32 Å². The van der Waals surface area contributed by atoms with Gasteiger partial charge in [-0.1, -0.05) is 17.7 Å². The number of benzene rings is 2. The molecule has 41 heavy (non-hydrogen) atoms. The van der Waals surface area contributed by atoms with Crippen LogP contribution in [-0.2, 0) is 9.47 Å².